The van der Waals surface area contributed by atoms with Gasteiger partial charge in [0.1, 0.15) is 6.10 Å². The van der Waals surface area contributed by atoms with Crippen molar-refractivity contribution in [2.24, 2.45) is 11.8 Å². The molecule has 1 aliphatic carbocycles. The molecule has 0 heterocycles. The number of aliphatic hydroxyl groups is 1. The van der Waals surface area contributed by atoms with Gasteiger partial charge in [0, 0.05) is 24.2 Å². The quantitative estimate of drug-likeness (QED) is 0.456. The normalized spacial score (nSPS) is 24.0. The van der Waals surface area contributed by atoms with E-state index >= 15 is 0 Å². The molecule has 7 heteroatoms. The molecular formula is C25H25ClO6. The van der Waals surface area contributed by atoms with E-state index in [9.17, 15) is 24.6 Å². The number of halogens is 1. The number of benzene rings is 2. The molecule has 3 rings (SSSR count). The van der Waals surface area contributed by atoms with Crippen molar-refractivity contribution in [1.29, 1.82) is 0 Å². The summed E-state index contributed by atoms with van der Waals surface area (Å²) in [5.74, 6) is -3.97. The first-order valence-corrected chi connectivity index (χ1v) is 10.8. The van der Waals surface area contributed by atoms with E-state index < -0.39 is 41.9 Å². The zero-order chi connectivity index (χ0) is 23.3. The van der Waals surface area contributed by atoms with Crippen LogP contribution in [0.3, 0.4) is 0 Å². The SMILES string of the molecule is CC(C(=O)C(Cl)=C[C@@H]1[C@@H](CC(=O)O)[C@@H](O)C[C@H]1OC(=O)c1ccccc1)c1ccccc1. The summed E-state index contributed by atoms with van der Waals surface area (Å²) in [4.78, 5) is 36.8. The standard InChI is InChI=1S/C25H25ClO6/c1-15(16-8-4-2-5-9-16)24(30)20(26)12-19-18(13-23(28)29)21(27)14-22(19)32-25(31)17-10-6-3-7-11-17/h2-12,15,18-19,21-22,27H,13-14H2,1H3,(H,28,29)/t15?,18-,19-,21+,22-/m1/s1. The van der Waals surface area contributed by atoms with Gasteiger partial charge in [-0.3, -0.25) is 9.59 Å². The molecule has 168 valence electrons. The van der Waals surface area contributed by atoms with Gasteiger partial charge in [-0.05, 0) is 17.7 Å². The number of carbonyl (C=O) groups is 3. The van der Waals surface area contributed by atoms with E-state index in [4.69, 9.17) is 16.3 Å². The summed E-state index contributed by atoms with van der Waals surface area (Å²) in [5.41, 5.74) is 1.14. The van der Waals surface area contributed by atoms with Gasteiger partial charge in [-0.2, -0.15) is 0 Å². The molecule has 1 unspecified atom stereocenters. The van der Waals surface area contributed by atoms with E-state index in [0.717, 1.165) is 5.56 Å². The van der Waals surface area contributed by atoms with E-state index in [1.54, 1.807) is 37.3 Å². The number of allylic oxidation sites excluding steroid dienone is 1. The predicted octanol–water partition coefficient (Wildman–Crippen LogP) is 4.18. The first-order chi connectivity index (χ1) is 15.3. The molecule has 1 aliphatic rings. The molecule has 32 heavy (non-hydrogen) atoms. The molecule has 2 aromatic carbocycles. The number of carbonyl (C=O) groups excluding carboxylic acids is 2. The third-order valence-electron chi connectivity index (χ3n) is 5.84. The van der Waals surface area contributed by atoms with Crippen molar-refractivity contribution in [3.8, 4) is 0 Å². The van der Waals surface area contributed by atoms with Crippen LogP contribution in [0.5, 0.6) is 0 Å². The third-order valence-corrected chi connectivity index (χ3v) is 6.15. The van der Waals surface area contributed by atoms with Crippen molar-refractivity contribution in [3.05, 3.63) is 82.9 Å². The van der Waals surface area contributed by atoms with Gasteiger partial charge >= 0.3 is 11.9 Å². The molecule has 5 atom stereocenters. The maximum atomic E-state index is 12.9. The predicted molar refractivity (Wildman–Crippen MR) is 119 cm³/mol. The molecular weight excluding hydrogens is 432 g/mol. The number of carboxylic acid groups (broad SMARTS) is 1. The Labute approximate surface area is 191 Å². The van der Waals surface area contributed by atoms with Gasteiger partial charge < -0.3 is 14.9 Å². The van der Waals surface area contributed by atoms with Gasteiger partial charge in [-0.1, -0.05) is 73.1 Å². The highest BCUT2D eigenvalue weighted by Gasteiger charge is 2.45. The van der Waals surface area contributed by atoms with Crippen molar-refractivity contribution in [2.45, 2.75) is 37.9 Å². The Balaban J connectivity index is 1.85. The second-order valence-corrected chi connectivity index (χ2v) is 8.37. The average molecular weight is 457 g/mol. The number of ketones is 1. The van der Waals surface area contributed by atoms with Crippen molar-refractivity contribution < 1.29 is 29.3 Å². The number of rotatable bonds is 8. The molecule has 0 bridgehead atoms. The Morgan fingerprint density at radius 2 is 1.69 bits per heavy atom. The third kappa shape index (κ3) is 5.64. The van der Waals surface area contributed by atoms with E-state index in [1.165, 1.54) is 6.08 Å². The highest BCUT2D eigenvalue weighted by Crippen LogP contribution is 2.39. The first-order valence-electron chi connectivity index (χ1n) is 10.4. The maximum Gasteiger partial charge on any atom is 0.338 e. The van der Waals surface area contributed by atoms with Crippen LogP contribution in [0.1, 0.15) is 41.6 Å². The van der Waals surface area contributed by atoms with Gasteiger partial charge in [0.15, 0.2) is 5.78 Å². The fourth-order valence-electron chi connectivity index (χ4n) is 4.06. The van der Waals surface area contributed by atoms with Crippen LogP contribution in [0.2, 0.25) is 0 Å². The highest BCUT2D eigenvalue weighted by molar-refractivity contribution is 6.43. The topological polar surface area (TPSA) is 101 Å². The second-order valence-electron chi connectivity index (χ2n) is 7.96. The lowest BCUT2D eigenvalue weighted by atomic mass is 9.88. The number of hydrogen-bond acceptors (Lipinski definition) is 5. The van der Waals surface area contributed by atoms with Crippen molar-refractivity contribution in [1.82, 2.24) is 0 Å². The van der Waals surface area contributed by atoms with Gasteiger partial charge in [-0.15, -0.1) is 0 Å². The molecule has 1 saturated carbocycles. The summed E-state index contributed by atoms with van der Waals surface area (Å²) in [6.45, 7) is 1.74. The number of esters is 1. The molecule has 6 nitrogen and oxygen atoms in total. The summed E-state index contributed by atoms with van der Waals surface area (Å²) < 4.78 is 5.61. The van der Waals surface area contributed by atoms with Crippen LogP contribution in [0.4, 0.5) is 0 Å². The Morgan fingerprint density at radius 1 is 1.09 bits per heavy atom. The monoisotopic (exact) mass is 456 g/mol. The lowest BCUT2D eigenvalue weighted by Crippen LogP contribution is -2.27. The first kappa shape index (κ1) is 23.7. The summed E-state index contributed by atoms with van der Waals surface area (Å²) in [6, 6.07) is 17.5. The Bertz CT molecular complexity index is 988. The van der Waals surface area contributed by atoms with Crippen LogP contribution in [-0.4, -0.2) is 40.1 Å². The molecule has 0 saturated heterocycles. The summed E-state index contributed by atoms with van der Waals surface area (Å²) in [5, 5.41) is 19.7. The van der Waals surface area contributed by atoms with E-state index in [0.29, 0.717) is 5.56 Å². The summed E-state index contributed by atoms with van der Waals surface area (Å²) >= 11 is 6.37. The van der Waals surface area contributed by atoms with Crippen LogP contribution in [-0.2, 0) is 14.3 Å². The molecule has 2 N–H and O–H groups in total. The minimum absolute atomic E-state index is 0.0598. The highest BCUT2D eigenvalue weighted by atomic mass is 35.5. The van der Waals surface area contributed by atoms with Crippen LogP contribution < -0.4 is 0 Å². The van der Waals surface area contributed by atoms with Crippen LogP contribution in [0, 0.1) is 11.8 Å². The van der Waals surface area contributed by atoms with Gasteiger partial charge in [-0.25, -0.2) is 4.79 Å². The Kier molecular flexibility index (Phi) is 7.83. The van der Waals surface area contributed by atoms with E-state index in [-0.39, 0.29) is 23.7 Å². The largest absolute Gasteiger partial charge is 0.481 e. The molecule has 0 spiro atoms. The number of Topliss-reactive ketones (excluding diaryl/α,β-unsaturated/α-hetero) is 1. The van der Waals surface area contributed by atoms with Gasteiger partial charge in [0.25, 0.3) is 0 Å². The van der Waals surface area contributed by atoms with Gasteiger partial charge in [0.05, 0.1) is 23.1 Å². The molecule has 0 amide bonds. The van der Waals surface area contributed by atoms with Crippen LogP contribution >= 0.6 is 11.6 Å². The number of hydrogen-bond donors (Lipinski definition) is 2. The van der Waals surface area contributed by atoms with Crippen LogP contribution in [0.25, 0.3) is 0 Å². The number of aliphatic hydroxyl groups excluding tert-OH is 1. The zero-order valence-corrected chi connectivity index (χ0v) is 18.3. The molecule has 0 aromatic heterocycles. The zero-order valence-electron chi connectivity index (χ0n) is 17.6. The van der Waals surface area contributed by atoms with Crippen LogP contribution in [0.15, 0.2) is 71.8 Å². The van der Waals surface area contributed by atoms with E-state index in [2.05, 4.69) is 0 Å². The molecule has 1 fully saturated rings. The lowest BCUT2D eigenvalue weighted by molar-refractivity contribution is -0.139. The Hall–Kier alpha value is -2.96. The van der Waals surface area contributed by atoms with Crippen molar-refractivity contribution >= 4 is 29.3 Å². The fourth-order valence-corrected chi connectivity index (χ4v) is 4.37. The number of carboxylic acids is 1. The molecule has 0 radical (unpaired) electrons. The number of ether oxygens (including phenoxy) is 1. The molecule has 0 aliphatic heterocycles. The number of aliphatic carboxylic acids is 1. The van der Waals surface area contributed by atoms with Crippen molar-refractivity contribution in [2.75, 3.05) is 0 Å². The minimum Gasteiger partial charge on any atom is -0.481 e. The second kappa shape index (κ2) is 10.6. The fraction of sp³-hybridized carbons (Fsp3) is 0.320. The molecule has 2 aromatic rings. The van der Waals surface area contributed by atoms with Gasteiger partial charge in [0.2, 0.25) is 0 Å². The minimum atomic E-state index is -1.09. The smallest absolute Gasteiger partial charge is 0.338 e. The Morgan fingerprint density at radius 3 is 2.28 bits per heavy atom. The summed E-state index contributed by atoms with van der Waals surface area (Å²) in [6.07, 6.45) is -0.656. The average Bonchev–Trinajstić information content (AvgIpc) is 3.07. The van der Waals surface area contributed by atoms with E-state index in [1.807, 2.05) is 30.3 Å². The lowest BCUT2D eigenvalue weighted by Gasteiger charge is -2.22. The van der Waals surface area contributed by atoms with Crippen molar-refractivity contribution in [3.63, 3.8) is 0 Å². The summed E-state index contributed by atoms with van der Waals surface area (Å²) in [7, 11) is 0. The maximum absolute atomic E-state index is 12.9.